The molecule has 1 heterocycles. The van der Waals surface area contributed by atoms with Crippen LogP contribution in [0.25, 0.3) is 0 Å². The number of hydrogen-bond acceptors (Lipinski definition) is 5. The Morgan fingerprint density at radius 2 is 2.15 bits per heavy atom. The third kappa shape index (κ3) is 2.45. The van der Waals surface area contributed by atoms with Crippen LogP contribution in [-0.2, 0) is 6.54 Å². The number of nitrogens with two attached hydrogens (primary N) is 2. The highest BCUT2D eigenvalue weighted by Crippen LogP contribution is 2.33. The van der Waals surface area contributed by atoms with Crippen LogP contribution in [0.5, 0.6) is 0 Å². The van der Waals surface area contributed by atoms with Crippen molar-refractivity contribution in [2.24, 2.45) is 0 Å². The fraction of sp³-hybridized carbons (Fsp3) is 0.286. The summed E-state index contributed by atoms with van der Waals surface area (Å²) in [5.41, 5.74) is 13.3. The average molecular weight is 271 g/mol. The van der Waals surface area contributed by atoms with Gasteiger partial charge in [0.2, 0.25) is 0 Å². The number of nitrogens with one attached hydrogen (secondary N) is 1. The van der Waals surface area contributed by atoms with Crippen LogP contribution < -0.4 is 21.9 Å². The summed E-state index contributed by atoms with van der Waals surface area (Å²) in [5.74, 6) is 0.554. The first kappa shape index (κ1) is 12.5. The Balaban J connectivity index is 1.94. The topological polar surface area (TPSA) is 101 Å². The minimum Gasteiger partial charge on any atom is -0.399 e. The second-order valence-corrected chi connectivity index (χ2v) is 5.07. The van der Waals surface area contributed by atoms with Crippen LogP contribution in [0, 0.1) is 0 Å². The number of H-pyrrole nitrogens is 1. The van der Waals surface area contributed by atoms with Gasteiger partial charge in [-0.15, -0.1) is 0 Å². The van der Waals surface area contributed by atoms with E-state index in [2.05, 4.69) is 14.9 Å². The van der Waals surface area contributed by atoms with Gasteiger partial charge in [-0.05, 0) is 30.5 Å². The predicted octanol–water partition coefficient (Wildman–Crippen LogP) is 1.10. The Hall–Kier alpha value is -2.50. The van der Waals surface area contributed by atoms with Gasteiger partial charge in [-0.2, -0.15) is 0 Å². The lowest BCUT2D eigenvalue weighted by molar-refractivity contribution is 0.776. The van der Waals surface area contributed by atoms with E-state index in [1.54, 1.807) is 0 Å². The van der Waals surface area contributed by atoms with Crippen molar-refractivity contribution < 1.29 is 0 Å². The largest absolute Gasteiger partial charge is 0.399 e. The highest BCUT2D eigenvalue weighted by Gasteiger charge is 2.31. The molecule has 0 unspecified atom stereocenters. The molecule has 6 nitrogen and oxygen atoms in total. The molecule has 2 aromatic rings. The lowest BCUT2D eigenvalue weighted by atomic mass is 10.2. The Morgan fingerprint density at radius 1 is 1.35 bits per heavy atom. The number of nitrogen functional groups attached to an aromatic ring is 2. The number of aromatic amines is 1. The van der Waals surface area contributed by atoms with Crippen LogP contribution in [0.2, 0.25) is 0 Å². The third-order valence-corrected chi connectivity index (χ3v) is 3.43. The molecule has 0 saturated heterocycles. The number of nitrogens with zero attached hydrogens (tertiary/aromatic N) is 2. The minimum atomic E-state index is -0.298. The summed E-state index contributed by atoms with van der Waals surface area (Å²) < 4.78 is 0. The zero-order valence-corrected chi connectivity index (χ0v) is 11.0. The van der Waals surface area contributed by atoms with Gasteiger partial charge < -0.3 is 21.4 Å². The van der Waals surface area contributed by atoms with Crippen LogP contribution in [0.1, 0.15) is 18.4 Å². The van der Waals surface area contributed by atoms with Crippen molar-refractivity contribution in [1.82, 2.24) is 9.97 Å². The standard InChI is InChI=1S/C14H17N5O/c15-10-3-1-2-9(6-10)7-19(11-4-5-11)13-12(16)14(20)18-8-17-13/h1-3,6,8,11H,4-5,7,15-16H2,(H,17,18,20). The molecule has 0 spiro atoms. The van der Waals surface area contributed by atoms with Crippen molar-refractivity contribution in [3.63, 3.8) is 0 Å². The lowest BCUT2D eigenvalue weighted by Gasteiger charge is -2.24. The van der Waals surface area contributed by atoms with Gasteiger partial charge in [0.15, 0.2) is 5.82 Å². The summed E-state index contributed by atoms with van der Waals surface area (Å²) >= 11 is 0. The lowest BCUT2D eigenvalue weighted by Crippen LogP contribution is -2.29. The monoisotopic (exact) mass is 271 g/mol. The van der Waals surface area contributed by atoms with E-state index in [0.29, 0.717) is 18.4 Å². The molecule has 1 saturated carbocycles. The number of rotatable bonds is 4. The summed E-state index contributed by atoms with van der Waals surface area (Å²) in [7, 11) is 0. The molecule has 1 aliphatic rings. The number of hydrogen-bond donors (Lipinski definition) is 3. The van der Waals surface area contributed by atoms with E-state index in [9.17, 15) is 4.79 Å². The quantitative estimate of drug-likeness (QED) is 0.723. The molecule has 3 rings (SSSR count). The maximum atomic E-state index is 11.6. The molecule has 1 aliphatic carbocycles. The molecular formula is C14H17N5O. The van der Waals surface area contributed by atoms with Crippen molar-refractivity contribution in [2.75, 3.05) is 16.4 Å². The molecule has 5 N–H and O–H groups in total. The van der Waals surface area contributed by atoms with Gasteiger partial charge >= 0.3 is 0 Å². The molecule has 20 heavy (non-hydrogen) atoms. The molecule has 6 heteroatoms. The Morgan fingerprint density at radius 3 is 2.85 bits per heavy atom. The molecule has 0 radical (unpaired) electrons. The second-order valence-electron chi connectivity index (χ2n) is 5.07. The van der Waals surface area contributed by atoms with Crippen molar-refractivity contribution >= 4 is 17.2 Å². The first-order valence-corrected chi connectivity index (χ1v) is 6.59. The normalized spacial score (nSPS) is 14.2. The van der Waals surface area contributed by atoms with Gasteiger partial charge in [-0.3, -0.25) is 4.79 Å². The molecule has 1 aromatic heterocycles. The van der Waals surface area contributed by atoms with Gasteiger partial charge in [0, 0.05) is 18.3 Å². The van der Waals surface area contributed by atoms with Crippen LogP contribution in [0.4, 0.5) is 17.2 Å². The van der Waals surface area contributed by atoms with Crippen LogP contribution >= 0.6 is 0 Å². The Bertz CT molecular complexity index is 677. The Kier molecular flexibility index (Phi) is 3.06. The molecule has 0 amide bonds. The van der Waals surface area contributed by atoms with Gasteiger partial charge in [0.1, 0.15) is 5.69 Å². The van der Waals surface area contributed by atoms with E-state index in [-0.39, 0.29) is 11.2 Å². The van der Waals surface area contributed by atoms with Gasteiger partial charge in [0.25, 0.3) is 5.56 Å². The molecule has 1 fully saturated rings. The smallest absolute Gasteiger partial charge is 0.276 e. The highest BCUT2D eigenvalue weighted by atomic mass is 16.1. The fourth-order valence-corrected chi connectivity index (χ4v) is 2.28. The van der Waals surface area contributed by atoms with Gasteiger partial charge in [0.05, 0.1) is 6.33 Å². The average Bonchev–Trinajstić information content (AvgIpc) is 3.24. The molecule has 0 atom stereocenters. The van der Waals surface area contributed by atoms with E-state index >= 15 is 0 Å². The van der Waals surface area contributed by atoms with E-state index in [0.717, 1.165) is 24.1 Å². The zero-order chi connectivity index (χ0) is 14.1. The molecule has 0 aliphatic heterocycles. The van der Waals surface area contributed by atoms with Crippen LogP contribution in [0.15, 0.2) is 35.4 Å². The maximum Gasteiger partial charge on any atom is 0.276 e. The molecular weight excluding hydrogens is 254 g/mol. The Labute approximate surface area is 116 Å². The summed E-state index contributed by atoms with van der Waals surface area (Å²) in [6.07, 6.45) is 3.58. The fourth-order valence-electron chi connectivity index (χ4n) is 2.28. The van der Waals surface area contributed by atoms with Gasteiger partial charge in [-0.1, -0.05) is 12.1 Å². The number of benzene rings is 1. The van der Waals surface area contributed by atoms with Crippen LogP contribution in [0.3, 0.4) is 0 Å². The third-order valence-electron chi connectivity index (χ3n) is 3.43. The van der Waals surface area contributed by atoms with Crippen molar-refractivity contribution in [3.05, 3.63) is 46.5 Å². The van der Waals surface area contributed by atoms with Gasteiger partial charge in [-0.25, -0.2) is 4.98 Å². The van der Waals surface area contributed by atoms with Crippen molar-refractivity contribution in [3.8, 4) is 0 Å². The molecule has 104 valence electrons. The summed E-state index contributed by atoms with van der Waals surface area (Å²) in [4.78, 5) is 20.4. The number of anilines is 3. The highest BCUT2D eigenvalue weighted by molar-refractivity contribution is 5.62. The van der Waals surface area contributed by atoms with E-state index in [1.165, 1.54) is 6.33 Å². The zero-order valence-electron chi connectivity index (χ0n) is 11.0. The first-order valence-electron chi connectivity index (χ1n) is 6.59. The summed E-state index contributed by atoms with van der Waals surface area (Å²) in [6, 6.07) is 8.11. The van der Waals surface area contributed by atoms with E-state index < -0.39 is 0 Å². The van der Waals surface area contributed by atoms with Crippen molar-refractivity contribution in [1.29, 1.82) is 0 Å². The predicted molar refractivity (Wildman–Crippen MR) is 79.3 cm³/mol. The van der Waals surface area contributed by atoms with E-state index in [1.807, 2.05) is 24.3 Å². The molecule has 0 bridgehead atoms. The second kappa shape index (κ2) is 4.88. The number of aromatic nitrogens is 2. The maximum absolute atomic E-state index is 11.6. The van der Waals surface area contributed by atoms with Crippen LogP contribution in [-0.4, -0.2) is 16.0 Å². The van der Waals surface area contributed by atoms with Crippen molar-refractivity contribution in [2.45, 2.75) is 25.4 Å². The molecule has 1 aromatic carbocycles. The van der Waals surface area contributed by atoms with E-state index in [4.69, 9.17) is 11.5 Å². The SMILES string of the molecule is Nc1cccc(CN(c2nc[nH]c(=O)c2N)C2CC2)c1. The minimum absolute atomic E-state index is 0.170. The summed E-state index contributed by atoms with van der Waals surface area (Å²) in [5, 5.41) is 0. The first-order chi connectivity index (χ1) is 9.65. The summed E-state index contributed by atoms with van der Waals surface area (Å²) in [6.45, 7) is 0.649.